The Morgan fingerprint density at radius 1 is 1.15 bits per heavy atom. The molecule has 0 saturated carbocycles. The average molecular weight is 464 g/mol. The maximum atomic E-state index is 9.00. The molecule has 10 heteroatoms. The van der Waals surface area contributed by atoms with Crippen LogP contribution in [0.2, 0.25) is 0 Å². The highest BCUT2D eigenvalue weighted by atomic mass is 16.4. The highest BCUT2D eigenvalue weighted by Gasteiger charge is 2.24. The van der Waals surface area contributed by atoms with E-state index < -0.39 is 17.5 Å². The molecule has 0 bridgehead atoms. The van der Waals surface area contributed by atoms with Gasteiger partial charge in [0.15, 0.2) is 0 Å². The number of rotatable bonds is 7. The van der Waals surface area contributed by atoms with E-state index in [0.717, 1.165) is 33.4 Å². The maximum Gasteiger partial charge on any atom is 0.315 e. The van der Waals surface area contributed by atoms with Crippen LogP contribution in [0.1, 0.15) is 64.8 Å². The topological polar surface area (TPSA) is 155 Å². The summed E-state index contributed by atoms with van der Waals surface area (Å²) in [5.41, 5.74) is 6.75. The van der Waals surface area contributed by atoms with Crippen molar-refractivity contribution in [3.05, 3.63) is 41.8 Å². The fraction of sp³-hybridized carbons (Fsp3) is 0.565. The number of benzene rings is 1. The molecule has 1 aromatic heterocycles. The van der Waals surface area contributed by atoms with Crippen LogP contribution in [-0.4, -0.2) is 56.4 Å². The van der Waals surface area contributed by atoms with Gasteiger partial charge in [-0.05, 0) is 45.2 Å². The van der Waals surface area contributed by atoms with Gasteiger partial charge in [0.25, 0.3) is 11.9 Å². The van der Waals surface area contributed by atoms with Crippen LogP contribution in [0.4, 0.5) is 6.01 Å². The molecule has 1 saturated heterocycles. The molecule has 1 unspecified atom stereocenters. The van der Waals surface area contributed by atoms with E-state index in [0.29, 0.717) is 17.9 Å². The van der Waals surface area contributed by atoms with Crippen molar-refractivity contribution in [2.75, 3.05) is 18.4 Å². The molecule has 1 atom stereocenters. The zero-order valence-electron chi connectivity index (χ0n) is 20.0. The number of aliphatic carboxylic acids is 2. The third kappa shape index (κ3) is 12.6. The molecule has 2 heterocycles. The van der Waals surface area contributed by atoms with Gasteiger partial charge in [-0.3, -0.25) is 14.5 Å². The normalized spacial score (nSPS) is 16.0. The van der Waals surface area contributed by atoms with Crippen LogP contribution >= 0.6 is 0 Å². The first-order valence-corrected chi connectivity index (χ1v) is 11.0. The van der Waals surface area contributed by atoms with Gasteiger partial charge in [-0.25, -0.2) is 0 Å². The standard InChI is InChI=1S/C19H29N5O.2C2H4O2/c1-19(2,20)17-22-23-18(25-17)21-12-11-16-10-6-7-13-24(16)14-15-8-4-3-5-9-15;2*1-2(3)4/h3-5,8-9,16H,6-7,10-14,20H2,1-2H3,(H,21,23);2*1H3,(H,3,4). The monoisotopic (exact) mass is 463 g/mol. The van der Waals surface area contributed by atoms with Crippen LogP contribution in [0.3, 0.4) is 0 Å². The molecule has 3 rings (SSSR count). The molecular formula is C23H37N5O5. The summed E-state index contributed by atoms with van der Waals surface area (Å²) in [7, 11) is 0. The predicted octanol–water partition coefficient (Wildman–Crippen LogP) is 3.30. The first-order chi connectivity index (χ1) is 15.5. The number of likely N-dealkylation sites (tertiary alicyclic amines) is 1. The highest BCUT2D eigenvalue weighted by molar-refractivity contribution is 5.63. The van der Waals surface area contributed by atoms with Crippen LogP contribution in [0.15, 0.2) is 34.7 Å². The van der Waals surface area contributed by atoms with E-state index in [1.54, 1.807) is 0 Å². The Bertz CT molecular complexity index is 815. The summed E-state index contributed by atoms with van der Waals surface area (Å²) in [5, 5.41) is 26.1. The average Bonchev–Trinajstić information content (AvgIpc) is 3.19. The van der Waals surface area contributed by atoms with Crippen molar-refractivity contribution in [3.63, 3.8) is 0 Å². The summed E-state index contributed by atoms with van der Waals surface area (Å²) in [4.78, 5) is 20.6. The number of carbonyl (C=O) groups is 2. The molecule has 10 nitrogen and oxygen atoms in total. The number of hydrogen-bond donors (Lipinski definition) is 4. The molecule has 1 aliphatic heterocycles. The van der Waals surface area contributed by atoms with E-state index in [9.17, 15) is 0 Å². The minimum Gasteiger partial charge on any atom is -0.481 e. The van der Waals surface area contributed by atoms with Crippen LogP contribution < -0.4 is 11.1 Å². The minimum absolute atomic E-state index is 0.457. The number of nitrogens with one attached hydrogen (secondary N) is 1. The number of nitrogens with two attached hydrogens (primary N) is 1. The van der Waals surface area contributed by atoms with E-state index in [4.69, 9.17) is 30.0 Å². The van der Waals surface area contributed by atoms with Crippen LogP contribution in [-0.2, 0) is 21.7 Å². The second kappa shape index (κ2) is 14.2. The fourth-order valence-corrected chi connectivity index (χ4v) is 3.31. The van der Waals surface area contributed by atoms with Crippen LogP contribution in [0.5, 0.6) is 0 Å². The minimum atomic E-state index is -0.833. The molecule has 0 radical (unpaired) electrons. The number of nitrogens with zero attached hydrogens (tertiary/aromatic N) is 3. The summed E-state index contributed by atoms with van der Waals surface area (Å²) in [6, 6.07) is 11.8. The molecule has 0 aliphatic carbocycles. The molecule has 1 aliphatic rings. The molecule has 2 aromatic rings. The molecule has 0 amide bonds. The fourth-order valence-electron chi connectivity index (χ4n) is 3.31. The van der Waals surface area contributed by atoms with Gasteiger partial charge in [0, 0.05) is 33.0 Å². The van der Waals surface area contributed by atoms with Crippen molar-refractivity contribution in [1.82, 2.24) is 15.1 Å². The summed E-state index contributed by atoms with van der Waals surface area (Å²) < 4.78 is 5.59. The molecule has 5 N–H and O–H groups in total. The number of anilines is 1. The molecular weight excluding hydrogens is 426 g/mol. The van der Waals surface area contributed by atoms with E-state index >= 15 is 0 Å². The molecule has 0 spiro atoms. The first-order valence-electron chi connectivity index (χ1n) is 11.0. The van der Waals surface area contributed by atoms with Crippen molar-refractivity contribution < 1.29 is 24.2 Å². The lowest BCUT2D eigenvalue weighted by molar-refractivity contribution is -0.135. The number of carboxylic acid groups (broad SMARTS) is 2. The van der Waals surface area contributed by atoms with Gasteiger partial charge in [0.1, 0.15) is 0 Å². The molecule has 184 valence electrons. The largest absolute Gasteiger partial charge is 0.481 e. The van der Waals surface area contributed by atoms with Gasteiger partial charge in [-0.2, -0.15) is 0 Å². The third-order valence-electron chi connectivity index (χ3n) is 4.71. The van der Waals surface area contributed by atoms with Gasteiger partial charge in [-0.1, -0.05) is 41.9 Å². The Morgan fingerprint density at radius 3 is 2.30 bits per heavy atom. The van der Waals surface area contributed by atoms with Crippen molar-refractivity contribution in [1.29, 1.82) is 0 Å². The van der Waals surface area contributed by atoms with Crippen LogP contribution in [0, 0.1) is 0 Å². The van der Waals surface area contributed by atoms with Gasteiger partial charge in [0.2, 0.25) is 5.89 Å². The van der Waals surface area contributed by atoms with E-state index in [2.05, 4.69) is 50.7 Å². The number of aromatic nitrogens is 2. The van der Waals surface area contributed by atoms with Crippen molar-refractivity contribution >= 4 is 18.0 Å². The Morgan fingerprint density at radius 2 is 1.76 bits per heavy atom. The molecule has 1 aromatic carbocycles. The van der Waals surface area contributed by atoms with Crippen LogP contribution in [0.25, 0.3) is 0 Å². The Labute approximate surface area is 195 Å². The Kier molecular flexibility index (Phi) is 12.1. The lowest BCUT2D eigenvalue weighted by Crippen LogP contribution is -2.39. The Hall–Kier alpha value is -2.98. The van der Waals surface area contributed by atoms with Gasteiger partial charge >= 0.3 is 6.01 Å². The number of piperidine rings is 1. The maximum absolute atomic E-state index is 9.00. The lowest BCUT2D eigenvalue weighted by Gasteiger charge is -2.35. The predicted molar refractivity (Wildman–Crippen MR) is 126 cm³/mol. The van der Waals surface area contributed by atoms with Gasteiger partial charge < -0.3 is 25.7 Å². The summed E-state index contributed by atoms with van der Waals surface area (Å²) in [6.07, 6.45) is 4.91. The Balaban J connectivity index is 0.000000591. The highest BCUT2D eigenvalue weighted by Crippen LogP contribution is 2.22. The van der Waals surface area contributed by atoms with E-state index in [1.807, 2.05) is 13.8 Å². The summed E-state index contributed by atoms with van der Waals surface area (Å²) in [6.45, 7) is 8.90. The zero-order valence-corrected chi connectivity index (χ0v) is 20.0. The summed E-state index contributed by atoms with van der Waals surface area (Å²) >= 11 is 0. The molecule has 1 fully saturated rings. The van der Waals surface area contributed by atoms with Gasteiger partial charge in [0.05, 0.1) is 5.54 Å². The second-order valence-corrected chi connectivity index (χ2v) is 8.49. The smallest absolute Gasteiger partial charge is 0.315 e. The third-order valence-corrected chi connectivity index (χ3v) is 4.71. The SMILES string of the molecule is CC(=O)O.CC(=O)O.CC(C)(N)c1nnc(NCCC2CCCCN2Cc2ccccc2)o1. The van der Waals surface area contributed by atoms with Crippen molar-refractivity contribution in [2.24, 2.45) is 5.73 Å². The van der Waals surface area contributed by atoms with Crippen molar-refractivity contribution in [3.8, 4) is 0 Å². The number of hydrogen-bond acceptors (Lipinski definition) is 8. The first kappa shape index (κ1) is 28.1. The van der Waals surface area contributed by atoms with Gasteiger partial charge in [-0.15, -0.1) is 5.10 Å². The molecule has 33 heavy (non-hydrogen) atoms. The quantitative estimate of drug-likeness (QED) is 0.480. The second-order valence-electron chi connectivity index (χ2n) is 8.49. The van der Waals surface area contributed by atoms with E-state index in [-0.39, 0.29) is 0 Å². The van der Waals surface area contributed by atoms with E-state index in [1.165, 1.54) is 31.4 Å². The summed E-state index contributed by atoms with van der Waals surface area (Å²) in [5.74, 6) is -1.21. The number of carboxylic acids is 2. The zero-order chi connectivity index (χ0) is 24.9. The van der Waals surface area contributed by atoms with Crippen molar-refractivity contribution in [2.45, 2.75) is 71.5 Å². The lowest BCUT2D eigenvalue weighted by atomic mass is 9.98.